The quantitative estimate of drug-likeness (QED) is 0.417. The maximum atomic E-state index is 10.8. The number of nitrogens with zero attached hydrogens (tertiary/aromatic N) is 1. The summed E-state index contributed by atoms with van der Waals surface area (Å²) in [6.07, 6.45) is 1.99. The Kier molecular flexibility index (Phi) is 7.40. The molecule has 0 aliphatic carbocycles. The van der Waals surface area contributed by atoms with Crippen LogP contribution >= 0.6 is 11.6 Å². The molecule has 29 heavy (non-hydrogen) atoms. The van der Waals surface area contributed by atoms with E-state index >= 15 is 0 Å². The maximum absolute atomic E-state index is 10.8. The van der Waals surface area contributed by atoms with E-state index in [1.165, 1.54) is 0 Å². The molecule has 3 aromatic rings. The van der Waals surface area contributed by atoms with Gasteiger partial charge in [-0.15, -0.1) is 0 Å². The standard InChI is InChI=1S/C21H22ClNO2.BH3O3/c1-20(2,24)21(3,25)13-15-11-10-14-7-4-5-8-16(14)18(15)19-17(22)9-6-12-23-19;2-1(3)4/h4-12,24-25H,13H2,1-3H3;2-4H. The molecule has 0 bridgehead atoms. The number of aliphatic hydroxyl groups is 2. The SMILES string of the molecule is CC(C)(O)C(C)(O)Cc1ccc2ccccc2c1-c1ncccc1Cl.OB(O)O. The van der Waals surface area contributed by atoms with E-state index in [-0.39, 0.29) is 6.42 Å². The highest BCUT2D eigenvalue weighted by atomic mass is 35.5. The highest BCUT2D eigenvalue weighted by Gasteiger charge is 2.38. The molecule has 0 saturated heterocycles. The van der Waals surface area contributed by atoms with Crippen molar-refractivity contribution in [2.45, 2.75) is 38.4 Å². The highest BCUT2D eigenvalue weighted by Crippen LogP contribution is 2.37. The van der Waals surface area contributed by atoms with Crippen molar-refractivity contribution < 1.29 is 25.3 Å². The van der Waals surface area contributed by atoms with E-state index in [0.717, 1.165) is 21.9 Å². The van der Waals surface area contributed by atoms with Gasteiger partial charge in [-0.25, -0.2) is 0 Å². The zero-order valence-corrected chi connectivity index (χ0v) is 17.3. The molecule has 0 amide bonds. The molecule has 5 N–H and O–H groups in total. The molecular formula is C21H25BClNO5. The fraction of sp³-hybridized carbons (Fsp3) is 0.286. The van der Waals surface area contributed by atoms with E-state index in [0.29, 0.717) is 10.7 Å². The number of hydrogen-bond donors (Lipinski definition) is 5. The minimum Gasteiger partial charge on any atom is -0.402 e. The smallest absolute Gasteiger partial charge is 0.402 e. The molecule has 1 aromatic heterocycles. The molecular weight excluding hydrogens is 392 g/mol. The van der Waals surface area contributed by atoms with Crippen LogP contribution < -0.4 is 0 Å². The van der Waals surface area contributed by atoms with Crippen molar-refractivity contribution in [1.29, 1.82) is 0 Å². The zero-order valence-electron chi connectivity index (χ0n) is 16.5. The monoisotopic (exact) mass is 417 g/mol. The molecule has 0 aliphatic heterocycles. The number of pyridine rings is 1. The third-order valence-electron chi connectivity index (χ3n) is 4.86. The van der Waals surface area contributed by atoms with Crippen LogP contribution in [0.3, 0.4) is 0 Å². The predicted molar refractivity (Wildman–Crippen MR) is 115 cm³/mol. The summed E-state index contributed by atoms with van der Waals surface area (Å²) in [5.74, 6) is 0. The molecule has 0 spiro atoms. The number of rotatable bonds is 4. The third-order valence-corrected chi connectivity index (χ3v) is 5.17. The van der Waals surface area contributed by atoms with Crippen molar-refractivity contribution in [2.24, 2.45) is 0 Å². The Morgan fingerprint density at radius 1 is 0.931 bits per heavy atom. The molecule has 3 rings (SSSR count). The van der Waals surface area contributed by atoms with Crippen molar-refractivity contribution in [3.05, 3.63) is 65.3 Å². The van der Waals surface area contributed by atoms with Crippen molar-refractivity contribution in [3.63, 3.8) is 0 Å². The number of fused-ring (bicyclic) bond motifs is 1. The van der Waals surface area contributed by atoms with Crippen LogP contribution in [0.1, 0.15) is 26.3 Å². The first kappa shape index (κ1) is 23.3. The molecule has 154 valence electrons. The van der Waals surface area contributed by atoms with Crippen molar-refractivity contribution >= 4 is 29.7 Å². The van der Waals surface area contributed by atoms with Crippen molar-refractivity contribution in [1.82, 2.24) is 4.98 Å². The molecule has 1 atom stereocenters. The van der Waals surface area contributed by atoms with E-state index in [4.69, 9.17) is 26.7 Å². The van der Waals surface area contributed by atoms with E-state index < -0.39 is 18.5 Å². The Labute approximate surface area is 175 Å². The summed E-state index contributed by atoms with van der Waals surface area (Å²) < 4.78 is 0. The number of halogens is 1. The van der Waals surface area contributed by atoms with Crippen LogP contribution in [0.25, 0.3) is 22.0 Å². The second-order valence-corrected chi connectivity index (χ2v) is 7.92. The summed E-state index contributed by atoms with van der Waals surface area (Å²) >= 11 is 6.42. The molecule has 1 heterocycles. The minimum absolute atomic E-state index is 0.281. The van der Waals surface area contributed by atoms with Gasteiger partial charge in [0.05, 0.1) is 21.9 Å². The lowest BCUT2D eigenvalue weighted by Gasteiger charge is -2.36. The number of aromatic nitrogens is 1. The van der Waals surface area contributed by atoms with E-state index in [1.54, 1.807) is 33.0 Å². The zero-order chi connectivity index (χ0) is 21.8. The Morgan fingerprint density at radius 2 is 1.55 bits per heavy atom. The second-order valence-electron chi connectivity index (χ2n) is 7.51. The van der Waals surface area contributed by atoms with Gasteiger partial charge in [0.15, 0.2) is 0 Å². The minimum atomic E-state index is -2.17. The summed E-state index contributed by atoms with van der Waals surface area (Å²) in [6, 6.07) is 15.6. The van der Waals surface area contributed by atoms with Crippen LogP contribution in [0.15, 0.2) is 54.7 Å². The first-order valence-corrected chi connectivity index (χ1v) is 9.42. The van der Waals surface area contributed by atoms with Crippen LogP contribution in [0.5, 0.6) is 0 Å². The van der Waals surface area contributed by atoms with Gasteiger partial charge in [-0.1, -0.05) is 48.0 Å². The van der Waals surface area contributed by atoms with Crippen LogP contribution in [-0.4, -0.2) is 48.8 Å². The Morgan fingerprint density at radius 3 is 2.14 bits per heavy atom. The summed E-state index contributed by atoms with van der Waals surface area (Å²) in [6.45, 7) is 4.87. The highest BCUT2D eigenvalue weighted by molar-refractivity contribution is 6.33. The van der Waals surface area contributed by atoms with Crippen molar-refractivity contribution in [3.8, 4) is 11.3 Å². The number of hydrogen-bond acceptors (Lipinski definition) is 6. The molecule has 8 heteroatoms. The van der Waals surface area contributed by atoms with Gasteiger partial charge in [0.25, 0.3) is 0 Å². The summed E-state index contributed by atoms with van der Waals surface area (Å²) in [4.78, 5) is 4.48. The van der Waals surface area contributed by atoms with Gasteiger partial charge in [0.2, 0.25) is 0 Å². The molecule has 0 fully saturated rings. The van der Waals surface area contributed by atoms with Crippen molar-refractivity contribution in [2.75, 3.05) is 0 Å². The summed E-state index contributed by atoms with van der Waals surface area (Å²) in [7, 11) is -2.17. The third kappa shape index (κ3) is 5.76. The Bertz CT molecular complexity index is 970. The van der Waals surface area contributed by atoms with Gasteiger partial charge in [0, 0.05) is 18.2 Å². The number of benzene rings is 2. The molecule has 6 nitrogen and oxygen atoms in total. The molecule has 0 aliphatic rings. The summed E-state index contributed by atoms with van der Waals surface area (Å²) in [5.41, 5.74) is -0.0721. The fourth-order valence-corrected chi connectivity index (χ4v) is 3.12. The van der Waals surface area contributed by atoms with Gasteiger partial charge in [-0.3, -0.25) is 4.98 Å². The maximum Gasteiger partial charge on any atom is 0.631 e. The summed E-state index contributed by atoms with van der Waals surface area (Å²) in [5, 5.41) is 45.3. The van der Waals surface area contributed by atoms with Gasteiger partial charge in [-0.2, -0.15) is 0 Å². The van der Waals surface area contributed by atoms with Crippen LogP contribution in [0.2, 0.25) is 5.02 Å². The average Bonchev–Trinajstić information content (AvgIpc) is 2.61. The lowest BCUT2D eigenvalue weighted by atomic mass is 9.80. The van der Waals surface area contributed by atoms with Gasteiger partial charge in [0.1, 0.15) is 0 Å². The van der Waals surface area contributed by atoms with Crippen LogP contribution in [0.4, 0.5) is 0 Å². The van der Waals surface area contributed by atoms with Crippen LogP contribution in [0, 0.1) is 0 Å². The molecule has 0 radical (unpaired) electrons. The lowest BCUT2D eigenvalue weighted by molar-refractivity contribution is -0.118. The van der Waals surface area contributed by atoms with E-state index in [1.807, 2.05) is 42.5 Å². The Balaban J connectivity index is 0.000000687. The van der Waals surface area contributed by atoms with Gasteiger partial charge < -0.3 is 25.3 Å². The fourth-order valence-electron chi connectivity index (χ4n) is 2.90. The molecule has 1 unspecified atom stereocenters. The molecule has 0 saturated carbocycles. The van der Waals surface area contributed by atoms with E-state index in [2.05, 4.69) is 4.98 Å². The lowest BCUT2D eigenvalue weighted by Crippen LogP contribution is -2.49. The average molecular weight is 418 g/mol. The first-order chi connectivity index (χ1) is 13.4. The Hall–Kier alpha value is -2.00. The topological polar surface area (TPSA) is 114 Å². The predicted octanol–water partition coefficient (Wildman–Crippen LogP) is 2.57. The van der Waals surface area contributed by atoms with E-state index in [9.17, 15) is 10.2 Å². The normalized spacial score (nSPS) is 13.4. The first-order valence-electron chi connectivity index (χ1n) is 9.04. The second kappa shape index (κ2) is 9.22. The molecule has 2 aromatic carbocycles. The van der Waals surface area contributed by atoms with Crippen LogP contribution in [-0.2, 0) is 6.42 Å². The van der Waals surface area contributed by atoms with Gasteiger partial charge >= 0.3 is 7.32 Å². The van der Waals surface area contributed by atoms with Gasteiger partial charge in [-0.05, 0) is 49.2 Å². The largest absolute Gasteiger partial charge is 0.631 e.